The van der Waals surface area contributed by atoms with Crippen LogP contribution in [0, 0.1) is 0 Å². The summed E-state index contributed by atoms with van der Waals surface area (Å²) >= 11 is 6.59. The first kappa shape index (κ1) is 17.2. The number of carbonyl (C=O) groups excluding carboxylic acids is 2. The first-order valence-corrected chi connectivity index (χ1v) is 8.88. The Kier molecular flexibility index (Phi) is 5.20. The van der Waals surface area contributed by atoms with Gasteiger partial charge in [0.15, 0.2) is 5.11 Å². The number of nitrogens with zero attached hydrogens (tertiary/aromatic N) is 1. The van der Waals surface area contributed by atoms with Crippen molar-refractivity contribution in [1.82, 2.24) is 10.4 Å². The summed E-state index contributed by atoms with van der Waals surface area (Å²) in [6, 6.07) is 15.8. The van der Waals surface area contributed by atoms with E-state index in [0.29, 0.717) is 5.56 Å². The minimum atomic E-state index is -1.28. The monoisotopic (exact) mass is 372 g/mol. The van der Waals surface area contributed by atoms with Crippen LogP contribution in [0.2, 0.25) is 0 Å². The van der Waals surface area contributed by atoms with Gasteiger partial charge >= 0.3 is 0 Å². The SMILES string of the molecule is O=C([O-])c1ccccc1[C@@H]1SCC(=O)N1NC(=S)Nc1ccccc1. The molecule has 0 radical (unpaired) electrons. The number of hydrogen-bond acceptors (Lipinski definition) is 5. The quantitative estimate of drug-likeness (QED) is 0.787. The highest BCUT2D eigenvalue weighted by molar-refractivity contribution is 8.00. The van der Waals surface area contributed by atoms with Crippen molar-refractivity contribution in [2.75, 3.05) is 11.1 Å². The summed E-state index contributed by atoms with van der Waals surface area (Å²) in [4.78, 5) is 23.6. The maximum absolute atomic E-state index is 12.2. The molecule has 1 amide bonds. The van der Waals surface area contributed by atoms with Crippen LogP contribution in [0.3, 0.4) is 0 Å². The molecule has 8 heteroatoms. The standard InChI is InChI=1S/C17H15N3O3S2/c21-14-10-25-15(12-8-4-5-9-13(12)16(22)23)20(14)19-17(24)18-11-6-2-1-3-7-11/h1-9,15H,10H2,(H,22,23)(H2,18,19,24)/p-1/t15-/m0/s1. The largest absolute Gasteiger partial charge is 0.545 e. The average molecular weight is 372 g/mol. The lowest BCUT2D eigenvalue weighted by molar-refractivity contribution is -0.255. The summed E-state index contributed by atoms with van der Waals surface area (Å²) in [7, 11) is 0. The second kappa shape index (κ2) is 7.54. The number of thioether (sulfide) groups is 1. The van der Waals surface area contributed by atoms with Gasteiger partial charge in [-0.2, -0.15) is 0 Å². The van der Waals surface area contributed by atoms with E-state index in [0.717, 1.165) is 5.69 Å². The number of aromatic carboxylic acids is 1. The number of carboxylic acid groups (broad SMARTS) is 1. The van der Waals surface area contributed by atoms with E-state index in [9.17, 15) is 14.7 Å². The minimum absolute atomic E-state index is 0.0587. The fourth-order valence-corrected chi connectivity index (χ4v) is 3.82. The molecule has 1 aliphatic heterocycles. The molecular weight excluding hydrogens is 358 g/mol. The van der Waals surface area contributed by atoms with Crippen molar-refractivity contribution in [3.8, 4) is 0 Å². The molecule has 0 bridgehead atoms. The maximum atomic E-state index is 12.2. The summed E-state index contributed by atoms with van der Waals surface area (Å²) in [5.41, 5.74) is 4.20. The van der Waals surface area contributed by atoms with E-state index in [1.165, 1.54) is 22.8 Å². The van der Waals surface area contributed by atoms with Crippen molar-refractivity contribution in [2.24, 2.45) is 0 Å². The molecule has 25 heavy (non-hydrogen) atoms. The van der Waals surface area contributed by atoms with Crippen LogP contribution in [0.15, 0.2) is 54.6 Å². The number of thiocarbonyl (C=S) groups is 1. The smallest absolute Gasteiger partial charge is 0.252 e. The summed E-state index contributed by atoms with van der Waals surface area (Å²) in [5, 5.41) is 15.4. The van der Waals surface area contributed by atoms with Crippen molar-refractivity contribution in [3.63, 3.8) is 0 Å². The van der Waals surface area contributed by atoms with Crippen LogP contribution >= 0.6 is 24.0 Å². The van der Waals surface area contributed by atoms with Gasteiger partial charge in [0, 0.05) is 11.3 Å². The van der Waals surface area contributed by atoms with Gasteiger partial charge in [0.05, 0.1) is 11.7 Å². The zero-order valence-corrected chi connectivity index (χ0v) is 14.6. The first-order chi connectivity index (χ1) is 12.1. The van der Waals surface area contributed by atoms with E-state index in [4.69, 9.17) is 12.2 Å². The third-order valence-electron chi connectivity index (χ3n) is 3.57. The van der Waals surface area contributed by atoms with Gasteiger partial charge < -0.3 is 15.2 Å². The molecule has 6 nitrogen and oxygen atoms in total. The van der Waals surface area contributed by atoms with Crippen LogP contribution in [0.25, 0.3) is 0 Å². The van der Waals surface area contributed by atoms with Crippen LogP contribution in [-0.4, -0.2) is 27.8 Å². The van der Waals surface area contributed by atoms with Crippen LogP contribution < -0.4 is 15.8 Å². The molecule has 2 aromatic rings. The highest BCUT2D eigenvalue weighted by atomic mass is 32.2. The molecule has 1 saturated heterocycles. The molecule has 1 heterocycles. The molecular formula is C17H14N3O3S2-. The van der Waals surface area contributed by atoms with Crippen molar-refractivity contribution in [1.29, 1.82) is 0 Å². The van der Waals surface area contributed by atoms with E-state index < -0.39 is 11.3 Å². The van der Waals surface area contributed by atoms with E-state index in [2.05, 4.69) is 10.7 Å². The van der Waals surface area contributed by atoms with Gasteiger partial charge in [-0.15, -0.1) is 11.8 Å². The van der Waals surface area contributed by atoms with Crippen LogP contribution in [0.1, 0.15) is 21.3 Å². The highest BCUT2D eigenvalue weighted by Gasteiger charge is 2.35. The number of hydrazine groups is 1. The lowest BCUT2D eigenvalue weighted by Gasteiger charge is -2.27. The lowest BCUT2D eigenvalue weighted by atomic mass is 10.1. The minimum Gasteiger partial charge on any atom is -0.545 e. The average Bonchev–Trinajstić information content (AvgIpc) is 2.96. The fraction of sp³-hybridized carbons (Fsp3) is 0.118. The van der Waals surface area contributed by atoms with Gasteiger partial charge in [-0.3, -0.25) is 10.2 Å². The predicted molar refractivity (Wildman–Crippen MR) is 98.6 cm³/mol. The van der Waals surface area contributed by atoms with Crippen molar-refractivity contribution in [2.45, 2.75) is 5.37 Å². The first-order valence-electron chi connectivity index (χ1n) is 7.43. The molecule has 0 spiro atoms. The zero-order chi connectivity index (χ0) is 17.8. The lowest BCUT2D eigenvalue weighted by Crippen LogP contribution is -2.46. The fourth-order valence-electron chi connectivity index (χ4n) is 2.46. The molecule has 0 aromatic heterocycles. The van der Waals surface area contributed by atoms with E-state index in [-0.39, 0.29) is 22.3 Å². The van der Waals surface area contributed by atoms with E-state index in [1.807, 2.05) is 30.3 Å². The summed E-state index contributed by atoms with van der Waals surface area (Å²) in [6.45, 7) is 0. The Hall–Kier alpha value is -2.58. The predicted octanol–water partition coefficient (Wildman–Crippen LogP) is 1.53. The number of amides is 1. The third kappa shape index (κ3) is 3.92. The number of hydrogen-bond donors (Lipinski definition) is 2. The van der Waals surface area contributed by atoms with Crippen LogP contribution in [-0.2, 0) is 4.79 Å². The molecule has 2 aromatic carbocycles. The van der Waals surface area contributed by atoms with Gasteiger partial charge in [-0.05, 0) is 29.9 Å². The zero-order valence-electron chi connectivity index (χ0n) is 13.0. The molecule has 0 unspecified atom stereocenters. The topological polar surface area (TPSA) is 84.5 Å². The summed E-state index contributed by atoms with van der Waals surface area (Å²) in [5.74, 6) is -1.23. The Bertz CT molecular complexity index is 814. The molecule has 3 rings (SSSR count). The van der Waals surface area contributed by atoms with E-state index in [1.54, 1.807) is 18.2 Å². The molecule has 128 valence electrons. The van der Waals surface area contributed by atoms with Crippen molar-refractivity contribution in [3.05, 3.63) is 65.7 Å². The van der Waals surface area contributed by atoms with Crippen molar-refractivity contribution >= 4 is 46.7 Å². The van der Waals surface area contributed by atoms with Gasteiger partial charge in [-0.25, -0.2) is 5.01 Å². The number of rotatable bonds is 4. The van der Waals surface area contributed by atoms with E-state index >= 15 is 0 Å². The Morgan fingerprint density at radius 2 is 1.84 bits per heavy atom. The second-order valence-electron chi connectivity index (χ2n) is 5.23. The number of nitrogens with one attached hydrogen (secondary N) is 2. The number of carbonyl (C=O) groups is 2. The molecule has 1 atom stereocenters. The van der Waals surface area contributed by atoms with Crippen LogP contribution in [0.5, 0.6) is 0 Å². The van der Waals surface area contributed by atoms with Gasteiger partial charge in [0.25, 0.3) is 5.91 Å². The van der Waals surface area contributed by atoms with Crippen LogP contribution in [0.4, 0.5) is 5.69 Å². The van der Waals surface area contributed by atoms with Gasteiger partial charge in [0.2, 0.25) is 0 Å². The van der Waals surface area contributed by atoms with Crippen molar-refractivity contribution < 1.29 is 14.7 Å². The molecule has 1 aliphatic rings. The Morgan fingerprint density at radius 1 is 1.16 bits per heavy atom. The summed E-state index contributed by atoms with van der Waals surface area (Å²) in [6.07, 6.45) is 0. The number of para-hydroxylation sites is 1. The normalized spacial score (nSPS) is 16.6. The third-order valence-corrected chi connectivity index (χ3v) is 4.96. The molecule has 0 saturated carbocycles. The molecule has 0 aliphatic carbocycles. The second-order valence-corrected chi connectivity index (χ2v) is 6.71. The number of anilines is 1. The Labute approximate surface area is 154 Å². The van der Waals surface area contributed by atoms with Gasteiger partial charge in [0.1, 0.15) is 5.37 Å². The molecule has 2 N–H and O–H groups in total. The Balaban J connectivity index is 1.79. The summed E-state index contributed by atoms with van der Waals surface area (Å²) < 4.78 is 0. The number of carboxylic acids is 1. The Morgan fingerprint density at radius 3 is 2.56 bits per heavy atom. The highest BCUT2D eigenvalue weighted by Crippen LogP contribution is 2.38. The number of benzene rings is 2. The molecule has 1 fully saturated rings. The van der Waals surface area contributed by atoms with Gasteiger partial charge in [-0.1, -0.05) is 42.5 Å². The maximum Gasteiger partial charge on any atom is 0.252 e.